The Morgan fingerprint density at radius 1 is 0.962 bits per heavy atom. The molecule has 0 spiro atoms. The van der Waals surface area contributed by atoms with E-state index >= 15 is 0 Å². The van der Waals surface area contributed by atoms with Crippen molar-refractivity contribution in [3.05, 3.63) is 59.7 Å². The topological polar surface area (TPSA) is 78.4 Å². The number of aromatic hydroxyl groups is 1. The van der Waals surface area contributed by atoms with E-state index in [1.165, 1.54) is 6.07 Å². The fraction of sp³-hybridized carbons (Fsp3) is 0.333. The van der Waals surface area contributed by atoms with Gasteiger partial charge in [-0.2, -0.15) is 0 Å². The van der Waals surface area contributed by atoms with E-state index in [0.717, 1.165) is 30.5 Å². The number of carbonyl (C=O) groups excluding carboxylic acids is 2. The molecule has 0 atom stereocenters. The molecule has 2 aromatic rings. The summed E-state index contributed by atoms with van der Waals surface area (Å²) >= 11 is 0. The van der Waals surface area contributed by atoms with Crippen LogP contribution in [0.4, 0.5) is 5.69 Å². The molecule has 2 amide bonds. The zero-order valence-corrected chi connectivity index (χ0v) is 14.9. The quantitative estimate of drug-likeness (QED) is 0.784. The number of amides is 2. The van der Waals surface area contributed by atoms with Crippen LogP contribution in [0.25, 0.3) is 0 Å². The fourth-order valence-corrected chi connectivity index (χ4v) is 3.47. The lowest BCUT2D eigenvalue weighted by atomic mass is 9.80. The molecule has 2 aromatic carbocycles. The van der Waals surface area contributed by atoms with Gasteiger partial charge in [-0.25, -0.2) is 0 Å². The average Bonchev–Trinajstić information content (AvgIpc) is 2.64. The maximum absolute atomic E-state index is 13.1. The predicted octanol–water partition coefficient (Wildman–Crippen LogP) is 3.77. The van der Waals surface area contributed by atoms with Crippen LogP contribution in [-0.4, -0.2) is 22.5 Å². The minimum Gasteiger partial charge on any atom is -0.507 e. The first-order valence-electron chi connectivity index (χ1n) is 8.99. The summed E-state index contributed by atoms with van der Waals surface area (Å²) in [6.07, 6.45) is 3.98. The summed E-state index contributed by atoms with van der Waals surface area (Å²) in [6, 6.07) is 14.0. The van der Waals surface area contributed by atoms with E-state index in [4.69, 9.17) is 0 Å². The van der Waals surface area contributed by atoms with E-state index in [1.54, 1.807) is 18.2 Å². The van der Waals surface area contributed by atoms with E-state index in [2.05, 4.69) is 10.6 Å². The number of phenols is 1. The van der Waals surface area contributed by atoms with E-state index in [1.807, 2.05) is 31.2 Å². The van der Waals surface area contributed by atoms with Crippen molar-refractivity contribution in [3.63, 3.8) is 0 Å². The van der Waals surface area contributed by atoms with Gasteiger partial charge in [-0.05, 0) is 43.5 Å². The number of carbonyl (C=O) groups is 2. The number of benzene rings is 2. The second kappa shape index (κ2) is 7.60. The zero-order chi connectivity index (χ0) is 18.6. The Bertz CT molecular complexity index is 810. The van der Waals surface area contributed by atoms with Crippen molar-refractivity contribution in [2.24, 2.45) is 0 Å². The van der Waals surface area contributed by atoms with Crippen LogP contribution < -0.4 is 10.6 Å². The van der Waals surface area contributed by atoms with Crippen LogP contribution in [0.1, 0.15) is 48.0 Å². The summed E-state index contributed by atoms with van der Waals surface area (Å²) in [6.45, 7) is 1.93. The number of para-hydroxylation sites is 2. The highest BCUT2D eigenvalue weighted by atomic mass is 16.3. The minimum absolute atomic E-state index is 0.0877. The van der Waals surface area contributed by atoms with Gasteiger partial charge in [-0.15, -0.1) is 0 Å². The number of hydrogen-bond acceptors (Lipinski definition) is 3. The highest BCUT2D eigenvalue weighted by molar-refractivity contribution is 6.04. The van der Waals surface area contributed by atoms with Crippen molar-refractivity contribution in [2.75, 3.05) is 5.32 Å². The third-order valence-electron chi connectivity index (χ3n) is 5.04. The molecule has 1 aliphatic carbocycles. The van der Waals surface area contributed by atoms with E-state index in [-0.39, 0.29) is 17.2 Å². The first kappa shape index (κ1) is 18.0. The second-order valence-electron chi connectivity index (χ2n) is 6.88. The smallest absolute Gasteiger partial charge is 0.255 e. The Balaban J connectivity index is 1.84. The molecule has 0 bridgehead atoms. The normalized spacial score (nSPS) is 15.9. The Morgan fingerprint density at radius 2 is 1.62 bits per heavy atom. The van der Waals surface area contributed by atoms with Crippen LogP contribution in [0.15, 0.2) is 48.5 Å². The zero-order valence-electron chi connectivity index (χ0n) is 14.9. The van der Waals surface area contributed by atoms with Crippen LogP contribution in [0.2, 0.25) is 0 Å². The Labute approximate surface area is 153 Å². The molecule has 5 nitrogen and oxygen atoms in total. The molecule has 3 N–H and O–H groups in total. The summed E-state index contributed by atoms with van der Waals surface area (Å²) in [7, 11) is 0. The summed E-state index contributed by atoms with van der Waals surface area (Å²) in [4.78, 5) is 25.8. The van der Waals surface area contributed by atoms with Gasteiger partial charge in [-0.1, -0.05) is 49.6 Å². The molecule has 0 aromatic heterocycles. The largest absolute Gasteiger partial charge is 0.507 e. The van der Waals surface area contributed by atoms with Crippen molar-refractivity contribution in [1.29, 1.82) is 0 Å². The van der Waals surface area contributed by atoms with Gasteiger partial charge in [-0.3, -0.25) is 9.59 Å². The molecular weight excluding hydrogens is 328 g/mol. The lowest BCUT2D eigenvalue weighted by molar-refractivity contribution is -0.123. The SMILES string of the molecule is Cc1ccccc1NC(=O)C1(NC(=O)c2ccccc2O)CCCCC1. The van der Waals surface area contributed by atoms with Gasteiger partial charge in [0.05, 0.1) is 5.56 Å². The lowest BCUT2D eigenvalue weighted by Gasteiger charge is -2.36. The summed E-state index contributed by atoms with van der Waals surface area (Å²) in [5, 5.41) is 15.8. The minimum atomic E-state index is -0.958. The number of nitrogens with one attached hydrogen (secondary N) is 2. The van der Waals surface area contributed by atoms with Gasteiger partial charge < -0.3 is 15.7 Å². The van der Waals surface area contributed by atoms with E-state index < -0.39 is 11.4 Å². The van der Waals surface area contributed by atoms with Crippen LogP contribution in [0, 0.1) is 6.92 Å². The molecule has 0 heterocycles. The number of hydrogen-bond donors (Lipinski definition) is 3. The monoisotopic (exact) mass is 352 g/mol. The van der Waals surface area contributed by atoms with Crippen molar-refractivity contribution >= 4 is 17.5 Å². The van der Waals surface area contributed by atoms with Crippen molar-refractivity contribution in [2.45, 2.75) is 44.6 Å². The van der Waals surface area contributed by atoms with Crippen LogP contribution in [0.3, 0.4) is 0 Å². The highest BCUT2D eigenvalue weighted by Gasteiger charge is 2.41. The van der Waals surface area contributed by atoms with Crippen LogP contribution >= 0.6 is 0 Å². The molecule has 0 saturated heterocycles. The lowest BCUT2D eigenvalue weighted by Crippen LogP contribution is -2.57. The molecule has 0 radical (unpaired) electrons. The van der Waals surface area contributed by atoms with Gasteiger partial charge in [0.2, 0.25) is 5.91 Å². The molecule has 3 rings (SSSR count). The first-order valence-corrected chi connectivity index (χ1v) is 8.99. The molecule has 136 valence electrons. The number of aryl methyl sites for hydroxylation is 1. The molecule has 0 unspecified atom stereocenters. The number of rotatable bonds is 4. The number of phenolic OH excluding ortho intramolecular Hbond substituents is 1. The van der Waals surface area contributed by atoms with Gasteiger partial charge in [0.25, 0.3) is 5.91 Å². The Hall–Kier alpha value is -2.82. The standard InChI is InChI=1S/C21H24N2O3/c1-15-9-3-5-11-17(15)22-20(26)21(13-7-2-8-14-21)23-19(25)16-10-4-6-12-18(16)24/h3-6,9-12,24H,2,7-8,13-14H2,1H3,(H,22,26)(H,23,25). The highest BCUT2D eigenvalue weighted by Crippen LogP contribution is 2.31. The molecule has 1 fully saturated rings. The van der Waals surface area contributed by atoms with Gasteiger partial charge in [0, 0.05) is 5.69 Å². The van der Waals surface area contributed by atoms with Crippen molar-refractivity contribution in [1.82, 2.24) is 5.32 Å². The number of anilines is 1. The molecule has 26 heavy (non-hydrogen) atoms. The third-order valence-corrected chi connectivity index (χ3v) is 5.04. The van der Waals surface area contributed by atoms with Crippen molar-refractivity contribution < 1.29 is 14.7 Å². The molecule has 1 aliphatic rings. The second-order valence-corrected chi connectivity index (χ2v) is 6.88. The summed E-state index contributed by atoms with van der Waals surface area (Å²) < 4.78 is 0. The summed E-state index contributed by atoms with van der Waals surface area (Å²) in [5.74, 6) is -0.713. The Kier molecular flexibility index (Phi) is 5.26. The van der Waals surface area contributed by atoms with E-state index in [9.17, 15) is 14.7 Å². The first-order chi connectivity index (χ1) is 12.5. The van der Waals surface area contributed by atoms with Crippen LogP contribution in [-0.2, 0) is 4.79 Å². The third kappa shape index (κ3) is 3.72. The fourth-order valence-electron chi connectivity index (χ4n) is 3.47. The maximum atomic E-state index is 13.1. The van der Waals surface area contributed by atoms with Crippen molar-refractivity contribution in [3.8, 4) is 5.75 Å². The Morgan fingerprint density at radius 3 is 2.31 bits per heavy atom. The molecular formula is C21H24N2O3. The van der Waals surface area contributed by atoms with Crippen LogP contribution in [0.5, 0.6) is 5.75 Å². The average molecular weight is 352 g/mol. The molecule has 1 saturated carbocycles. The van der Waals surface area contributed by atoms with Gasteiger partial charge in [0.15, 0.2) is 0 Å². The van der Waals surface area contributed by atoms with Gasteiger partial charge in [0.1, 0.15) is 11.3 Å². The molecule has 5 heteroatoms. The van der Waals surface area contributed by atoms with Gasteiger partial charge >= 0.3 is 0 Å². The maximum Gasteiger partial charge on any atom is 0.255 e. The van der Waals surface area contributed by atoms with E-state index in [0.29, 0.717) is 12.8 Å². The molecule has 0 aliphatic heterocycles. The summed E-state index contributed by atoms with van der Waals surface area (Å²) in [5.41, 5.74) is 0.944. The predicted molar refractivity (Wildman–Crippen MR) is 101 cm³/mol.